The lowest BCUT2D eigenvalue weighted by Crippen LogP contribution is -2.40. The summed E-state index contributed by atoms with van der Waals surface area (Å²) in [5.74, 6) is 0.345. The van der Waals surface area contributed by atoms with Gasteiger partial charge in [0.25, 0.3) is 5.91 Å². The molecule has 0 bridgehead atoms. The van der Waals surface area contributed by atoms with Crippen LogP contribution in [-0.4, -0.2) is 78.8 Å². The van der Waals surface area contributed by atoms with Crippen molar-refractivity contribution < 1.29 is 18.8 Å². The van der Waals surface area contributed by atoms with E-state index in [1.54, 1.807) is 17.9 Å². The maximum absolute atomic E-state index is 12.8. The Morgan fingerprint density at radius 1 is 1.33 bits per heavy atom. The van der Waals surface area contributed by atoms with Crippen molar-refractivity contribution in [3.63, 3.8) is 0 Å². The number of carbonyl (C=O) groups is 2. The molecule has 1 aromatic heterocycles. The van der Waals surface area contributed by atoms with Crippen LogP contribution in [0.25, 0.3) is 0 Å². The zero-order valence-corrected chi connectivity index (χ0v) is 16.1. The quantitative estimate of drug-likeness (QED) is 0.695. The number of nitrogens with one attached hydrogen (secondary N) is 1. The molecule has 8 nitrogen and oxygen atoms in total. The van der Waals surface area contributed by atoms with Crippen LogP contribution in [0.1, 0.15) is 48.4 Å². The van der Waals surface area contributed by atoms with E-state index in [4.69, 9.17) is 9.26 Å². The summed E-state index contributed by atoms with van der Waals surface area (Å²) < 4.78 is 10.7. The summed E-state index contributed by atoms with van der Waals surface area (Å²) in [6.07, 6.45) is 4.73. The predicted molar refractivity (Wildman–Crippen MR) is 99.4 cm³/mol. The molecule has 27 heavy (non-hydrogen) atoms. The highest BCUT2D eigenvalue weighted by atomic mass is 16.5. The molecule has 8 heteroatoms. The van der Waals surface area contributed by atoms with Crippen LogP contribution in [0.15, 0.2) is 10.6 Å². The van der Waals surface area contributed by atoms with Crippen LogP contribution in [0.3, 0.4) is 0 Å². The Kier molecular flexibility index (Phi) is 7.23. The Morgan fingerprint density at radius 3 is 2.81 bits per heavy atom. The van der Waals surface area contributed by atoms with E-state index >= 15 is 0 Å². The van der Waals surface area contributed by atoms with Crippen LogP contribution in [0, 0.1) is 6.92 Å². The van der Waals surface area contributed by atoms with Gasteiger partial charge in [-0.2, -0.15) is 0 Å². The van der Waals surface area contributed by atoms with Crippen molar-refractivity contribution in [2.75, 3.05) is 45.9 Å². The first-order chi connectivity index (χ1) is 13.1. The topological polar surface area (TPSA) is 87.9 Å². The van der Waals surface area contributed by atoms with Crippen molar-refractivity contribution in [2.45, 2.75) is 45.1 Å². The number of hydrogen-bond donors (Lipinski definition) is 1. The number of rotatable bonds is 9. The summed E-state index contributed by atoms with van der Waals surface area (Å²) in [5.41, 5.74) is 0.278. The van der Waals surface area contributed by atoms with Crippen LogP contribution in [0.5, 0.6) is 0 Å². The maximum Gasteiger partial charge on any atom is 0.276 e. The molecule has 0 radical (unpaired) electrons. The number of hydrogen-bond acceptors (Lipinski definition) is 6. The van der Waals surface area contributed by atoms with Crippen LogP contribution in [0.2, 0.25) is 0 Å². The molecule has 0 aromatic carbocycles. The number of carbonyl (C=O) groups excluding carboxylic acids is 2. The number of nitrogens with zero attached hydrogens (tertiary/aromatic N) is 3. The molecule has 0 aliphatic carbocycles. The second-order valence-electron chi connectivity index (χ2n) is 7.36. The minimum absolute atomic E-state index is 0.0279. The third-order valence-corrected chi connectivity index (χ3v) is 5.14. The molecule has 3 rings (SSSR count). The SMILES string of the molecule is Cc1cc(C(=O)N(CCC(=O)NCCN2CCCC2)C[C@H]2CCCO2)no1. The second-order valence-corrected chi connectivity index (χ2v) is 7.36. The van der Waals surface area contributed by atoms with Crippen molar-refractivity contribution in [2.24, 2.45) is 0 Å². The van der Waals surface area contributed by atoms with Gasteiger partial charge in [0.1, 0.15) is 5.76 Å². The van der Waals surface area contributed by atoms with E-state index in [-0.39, 0.29) is 30.0 Å². The van der Waals surface area contributed by atoms with Gasteiger partial charge >= 0.3 is 0 Å². The molecule has 2 fully saturated rings. The molecule has 1 aromatic rings. The molecule has 3 heterocycles. The average Bonchev–Trinajstić information content (AvgIpc) is 3.41. The average molecular weight is 378 g/mol. The summed E-state index contributed by atoms with van der Waals surface area (Å²) in [7, 11) is 0. The summed E-state index contributed by atoms with van der Waals surface area (Å²) >= 11 is 0. The van der Waals surface area contributed by atoms with E-state index in [1.165, 1.54) is 12.8 Å². The number of aromatic nitrogens is 1. The Hall–Kier alpha value is -1.93. The van der Waals surface area contributed by atoms with E-state index in [0.717, 1.165) is 39.1 Å². The Bertz CT molecular complexity index is 621. The summed E-state index contributed by atoms with van der Waals surface area (Å²) in [6.45, 7) is 7.09. The molecule has 1 atom stereocenters. The fourth-order valence-corrected chi connectivity index (χ4v) is 3.62. The largest absolute Gasteiger partial charge is 0.376 e. The van der Waals surface area contributed by atoms with E-state index in [2.05, 4.69) is 15.4 Å². The van der Waals surface area contributed by atoms with Crippen molar-refractivity contribution in [3.8, 4) is 0 Å². The van der Waals surface area contributed by atoms with Crippen LogP contribution in [0.4, 0.5) is 0 Å². The first-order valence-electron chi connectivity index (χ1n) is 9.95. The standard InChI is InChI=1S/C19H30N4O4/c1-15-13-17(21-27-15)19(25)23(14-16-5-4-12-26-16)10-6-18(24)20-7-11-22-8-2-3-9-22/h13,16H,2-12,14H2,1H3,(H,20,24)/t16-/m1/s1. The van der Waals surface area contributed by atoms with Gasteiger partial charge in [-0.15, -0.1) is 0 Å². The fraction of sp³-hybridized carbons (Fsp3) is 0.737. The van der Waals surface area contributed by atoms with Crippen LogP contribution < -0.4 is 5.32 Å². The maximum atomic E-state index is 12.8. The van der Waals surface area contributed by atoms with Crippen LogP contribution >= 0.6 is 0 Å². The van der Waals surface area contributed by atoms with E-state index in [9.17, 15) is 9.59 Å². The molecular weight excluding hydrogens is 348 g/mol. The summed E-state index contributed by atoms with van der Waals surface area (Å²) in [5, 5.41) is 6.78. The van der Waals surface area contributed by atoms with Gasteiger partial charge in [0.15, 0.2) is 5.69 Å². The second kappa shape index (κ2) is 9.85. The Morgan fingerprint density at radius 2 is 2.15 bits per heavy atom. The molecule has 2 aliphatic heterocycles. The monoisotopic (exact) mass is 378 g/mol. The lowest BCUT2D eigenvalue weighted by Gasteiger charge is -2.24. The predicted octanol–water partition coefficient (Wildman–Crippen LogP) is 1.21. The normalized spacial score (nSPS) is 20.1. The van der Waals surface area contributed by atoms with E-state index in [0.29, 0.717) is 25.4 Å². The molecule has 2 aliphatic rings. The first-order valence-corrected chi connectivity index (χ1v) is 9.95. The van der Waals surface area contributed by atoms with Crippen molar-refractivity contribution in [1.29, 1.82) is 0 Å². The number of likely N-dealkylation sites (tertiary alicyclic amines) is 1. The van der Waals surface area contributed by atoms with Gasteiger partial charge in [-0.05, 0) is 45.7 Å². The Balaban J connectivity index is 1.47. The lowest BCUT2D eigenvalue weighted by molar-refractivity contribution is -0.121. The van der Waals surface area contributed by atoms with Gasteiger partial charge in [-0.3, -0.25) is 9.59 Å². The third-order valence-electron chi connectivity index (χ3n) is 5.14. The van der Waals surface area contributed by atoms with Gasteiger partial charge < -0.3 is 24.4 Å². The molecule has 150 valence electrons. The highest BCUT2D eigenvalue weighted by Crippen LogP contribution is 2.15. The van der Waals surface area contributed by atoms with Gasteiger partial charge in [0.05, 0.1) is 6.10 Å². The van der Waals surface area contributed by atoms with Crippen molar-refractivity contribution >= 4 is 11.8 Å². The highest BCUT2D eigenvalue weighted by molar-refractivity contribution is 5.92. The van der Waals surface area contributed by atoms with Gasteiger partial charge in [-0.1, -0.05) is 5.16 Å². The zero-order valence-electron chi connectivity index (χ0n) is 16.1. The molecular formula is C19H30N4O4. The number of aryl methyl sites for hydroxylation is 1. The molecule has 2 amide bonds. The minimum Gasteiger partial charge on any atom is -0.376 e. The molecule has 1 N–H and O–H groups in total. The summed E-state index contributed by atoms with van der Waals surface area (Å²) in [4.78, 5) is 29.0. The zero-order chi connectivity index (χ0) is 19.1. The van der Waals surface area contributed by atoms with E-state index < -0.39 is 0 Å². The molecule has 2 saturated heterocycles. The van der Waals surface area contributed by atoms with Crippen molar-refractivity contribution in [3.05, 3.63) is 17.5 Å². The highest BCUT2D eigenvalue weighted by Gasteiger charge is 2.25. The minimum atomic E-state index is -0.216. The lowest BCUT2D eigenvalue weighted by atomic mass is 10.2. The smallest absolute Gasteiger partial charge is 0.276 e. The molecule has 0 unspecified atom stereocenters. The Labute approximate surface area is 160 Å². The fourth-order valence-electron chi connectivity index (χ4n) is 3.62. The molecule has 0 spiro atoms. The molecule has 0 saturated carbocycles. The number of amides is 2. The van der Waals surface area contributed by atoms with E-state index in [1.807, 2.05) is 0 Å². The first kappa shape index (κ1) is 19.8. The third kappa shape index (κ3) is 6.04. The van der Waals surface area contributed by atoms with Gasteiger partial charge in [0, 0.05) is 45.3 Å². The van der Waals surface area contributed by atoms with Crippen molar-refractivity contribution in [1.82, 2.24) is 20.3 Å². The number of ether oxygens (including phenoxy) is 1. The van der Waals surface area contributed by atoms with Gasteiger partial charge in [0.2, 0.25) is 5.91 Å². The van der Waals surface area contributed by atoms with Crippen LogP contribution in [-0.2, 0) is 9.53 Å². The van der Waals surface area contributed by atoms with Gasteiger partial charge in [-0.25, -0.2) is 0 Å². The summed E-state index contributed by atoms with van der Waals surface area (Å²) in [6, 6.07) is 1.63.